The molecule has 1 N–H and O–H groups in total. The Morgan fingerprint density at radius 1 is 0.846 bits per heavy atom. The van der Waals surface area contributed by atoms with Crippen molar-refractivity contribution in [3.8, 4) is 23.0 Å². The summed E-state index contributed by atoms with van der Waals surface area (Å²) in [5, 5.41) is 3.74. The lowest BCUT2D eigenvalue weighted by molar-refractivity contribution is 0.300. The van der Waals surface area contributed by atoms with Crippen LogP contribution in [0.25, 0.3) is 0 Å². The number of aromatic nitrogens is 2. The molecule has 1 heterocycles. The van der Waals surface area contributed by atoms with Gasteiger partial charge in [0.2, 0.25) is 5.95 Å². The van der Waals surface area contributed by atoms with Gasteiger partial charge in [-0.2, -0.15) is 0 Å². The summed E-state index contributed by atoms with van der Waals surface area (Å²) in [6, 6.07) is 7.76. The van der Waals surface area contributed by atoms with Crippen molar-refractivity contribution in [1.29, 1.82) is 0 Å². The summed E-state index contributed by atoms with van der Waals surface area (Å²) in [7, 11) is 9.10. The van der Waals surface area contributed by atoms with Crippen molar-refractivity contribution in [1.82, 2.24) is 14.9 Å². The Labute approximate surface area is 237 Å². The predicted molar refractivity (Wildman–Crippen MR) is 158 cm³/mol. The average Bonchev–Trinajstić information content (AvgIpc) is 2.95. The van der Waals surface area contributed by atoms with Gasteiger partial charge in [0.05, 0.1) is 44.4 Å². The van der Waals surface area contributed by atoms with E-state index in [9.17, 15) is 0 Å². The Bertz CT molecular complexity index is 1210. The van der Waals surface area contributed by atoms with E-state index in [2.05, 4.69) is 46.1 Å². The highest BCUT2D eigenvalue weighted by Crippen LogP contribution is 2.38. The van der Waals surface area contributed by atoms with Crippen molar-refractivity contribution in [3.05, 3.63) is 52.8 Å². The quantitative estimate of drug-likeness (QED) is 0.248. The maximum absolute atomic E-state index is 6.59. The van der Waals surface area contributed by atoms with Gasteiger partial charge < -0.3 is 34.1 Å². The Kier molecular flexibility index (Phi) is 11.3. The van der Waals surface area contributed by atoms with Crippen LogP contribution in [-0.4, -0.2) is 69.9 Å². The third-order valence-electron chi connectivity index (χ3n) is 6.48. The third-order valence-corrected chi connectivity index (χ3v) is 6.89. The summed E-state index contributed by atoms with van der Waals surface area (Å²) in [5.41, 5.74) is 3.63. The van der Waals surface area contributed by atoms with Crippen LogP contribution in [0.15, 0.2) is 36.7 Å². The maximum Gasteiger partial charge on any atom is 0.227 e. The minimum atomic E-state index is 0.228. The van der Waals surface area contributed by atoms with Crippen molar-refractivity contribution >= 4 is 28.9 Å². The number of hydrogen-bond acceptors (Lipinski definition) is 9. The van der Waals surface area contributed by atoms with Gasteiger partial charge in [0.15, 0.2) is 5.75 Å². The molecule has 0 saturated carbocycles. The highest BCUT2D eigenvalue weighted by atomic mass is 35.5. The third kappa shape index (κ3) is 7.80. The van der Waals surface area contributed by atoms with Gasteiger partial charge in [0.25, 0.3) is 0 Å². The fourth-order valence-electron chi connectivity index (χ4n) is 4.31. The second-order valence-corrected chi connectivity index (χ2v) is 9.55. The molecule has 212 valence electrons. The van der Waals surface area contributed by atoms with E-state index in [-0.39, 0.29) is 6.61 Å². The minimum Gasteiger partial charge on any atom is -0.496 e. The zero-order chi connectivity index (χ0) is 28.4. The summed E-state index contributed by atoms with van der Waals surface area (Å²) in [4.78, 5) is 13.4. The zero-order valence-corrected chi connectivity index (χ0v) is 24.8. The molecule has 3 aromatic rings. The zero-order valence-electron chi connectivity index (χ0n) is 24.0. The standard InChI is InChI=1S/C29H40ClN5O4/c1-8-12-34(3)13-14-35(4)24-11-10-20(15-26(24)37-6)33-29-31-17-21(18-32-29)39-19-23-22(9-2)25(36-5)16-27(38-7)28(23)30/h10-11,15-18H,8-9,12-14,19H2,1-7H3,(H,31,32,33). The first kappa shape index (κ1) is 30.1. The molecule has 3 rings (SSSR count). The Morgan fingerprint density at radius 3 is 2.15 bits per heavy atom. The Balaban J connectivity index is 1.67. The smallest absolute Gasteiger partial charge is 0.227 e. The largest absolute Gasteiger partial charge is 0.496 e. The minimum absolute atomic E-state index is 0.228. The number of ether oxygens (including phenoxy) is 4. The second kappa shape index (κ2) is 14.6. The van der Waals surface area contributed by atoms with E-state index in [0.717, 1.165) is 60.7 Å². The number of nitrogens with zero attached hydrogens (tertiary/aromatic N) is 4. The van der Waals surface area contributed by atoms with E-state index in [1.807, 2.05) is 25.1 Å². The van der Waals surface area contributed by atoms with Crippen LogP contribution in [-0.2, 0) is 13.0 Å². The summed E-state index contributed by atoms with van der Waals surface area (Å²) in [6.07, 6.45) is 5.13. The van der Waals surface area contributed by atoms with Crippen LogP contribution in [0.2, 0.25) is 5.02 Å². The Hall–Kier alpha value is -3.43. The summed E-state index contributed by atoms with van der Waals surface area (Å²) in [6.45, 7) is 7.43. The molecule has 39 heavy (non-hydrogen) atoms. The lowest BCUT2D eigenvalue weighted by Crippen LogP contribution is -2.31. The predicted octanol–water partition coefficient (Wildman–Crippen LogP) is 5.82. The first-order valence-electron chi connectivity index (χ1n) is 13.1. The van der Waals surface area contributed by atoms with Crippen LogP contribution in [0.3, 0.4) is 0 Å². The van der Waals surface area contributed by atoms with E-state index in [4.69, 9.17) is 30.5 Å². The molecule has 0 aliphatic rings. The maximum atomic E-state index is 6.59. The van der Waals surface area contributed by atoms with Crippen molar-refractivity contribution < 1.29 is 18.9 Å². The normalized spacial score (nSPS) is 10.9. The number of nitrogens with one attached hydrogen (secondary N) is 1. The highest BCUT2D eigenvalue weighted by molar-refractivity contribution is 6.33. The van der Waals surface area contributed by atoms with Crippen LogP contribution in [0.4, 0.5) is 17.3 Å². The number of methoxy groups -OCH3 is 3. The molecule has 0 aliphatic heterocycles. The number of likely N-dealkylation sites (N-methyl/N-ethyl adjacent to an activating group) is 2. The molecular weight excluding hydrogens is 518 g/mol. The van der Waals surface area contributed by atoms with E-state index in [1.54, 1.807) is 39.8 Å². The molecule has 1 aromatic heterocycles. The molecule has 0 spiro atoms. The van der Waals surface area contributed by atoms with Crippen molar-refractivity contribution in [2.45, 2.75) is 33.3 Å². The first-order valence-corrected chi connectivity index (χ1v) is 13.4. The Morgan fingerprint density at radius 2 is 1.54 bits per heavy atom. The molecule has 0 fully saturated rings. The van der Waals surface area contributed by atoms with Gasteiger partial charge >= 0.3 is 0 Å². The summed E-state index contributed by atoms with van der Waals surface area (Å²) < 4.78 is 22.6. The van der Waals surface area contributed by atoms with Crippen LogP contribution < -0.4 is 29.2 Å². The van der Waals surface area contributed by atoms with E-state index >= 15 is 0 Å². The highest BCUT2D eigenvalue weighted by Gasteiger charge is 2.18. The molecule has 9 nitrogen and oxygen atoms in total. The molecule has 10 heteroatoms. The number of halogens is 1. The fourth-order valence-corrected chi connectivity index (χ4v) is 4.61. The van der Waals surface area contributed by atoms with Crippen LogP contribution in [0.1, 0.15) is 31.4 Å². The number of hydrogen-bond donors (Lipinski definition) is 1. The van der Waals surface area contributed by atoms with Gasteiger partial charge in [-0.25, -0.2) is 9.97 Å². The molecule has 0 aliphatic carbocycles. The fraction of sp³-hybridized carbons (Fsp3) is 0.448. The van der Waals surface area contributed by atoms with Gasteiger partial charge in [-0.15, -0.1) is 0 Å². The van der Waals surface area contributed by atoms with Crippen LogP contribution in [0.5, 0.6) is 23.0 Å². The van der Waals surface area contributed by atoms with Gasteiger partial charge in [0, 0.05) is 49.1 Å². The van der Waals surface area contributed by atoms with Crippen LogP contribution >= 0.6 is 11.6 Å². The molecular formula is C29H40ClN5O4. The molecule has 0 atom stereocenters. The van der Waals surface area contributed by atoms with Crippen molar-refractivity contribution in [3.63, 3.8) is 0 Å². The second-order valence-electron chi connectivity index (χ2n) is 9.17. The van der Waals surface area contributed by atoms with Crippen molar-refractivity contribution in [2.75, 3.05) is 65.3 Å². The lowest BCUT2D eigenvalue weighted by atomic mass is 10.0. The van der Waals surface area contributed by atoms with Gasteiger partial charge in [-0.1, -0.05) is 25.4 Å². The summed E-state index contributed by atoms with van der Waals surface area (Å²) >= 11 is 6.59. The average molecular weight is 558 g/mol. The SMILES string of the molecule is CCCN(C)CCN(C)c1ccc(Nc2ncc(OCc3c(Cl)c(OC)cc(OC)c3CC)cn2)cc1OC. The number of rotatable bonds is 15. The van der Waals surface area contributed by atoms with Crippen LogP contribution in [0, 0.1) is 0 Å². The van der Waals surface area contributed by atoms with Crippen molar-refractivity contribution in [2.24, 2.45) is 0 Å². The lowest BCUT2D eigenvalue weighted by Gasteiger charge is -2.25. The monoisotopic (exact) mass is 557 g/mol. The number of benzene rings is 2. The first-order chi connectivity index (χ1) is 18.8. The molecule has 0 bridgehead atoms. The van der Waals surface area contributed by atoms with E-state index in [1.165, 1.54) is 0 Å². The summed E-state index contributed by atoms with van der Waals surface area (Å²) in [5.74, 6) is 2.99. The van der Waals surface area contributed by atoms with Gasteiger partial charge in [-0.05, 0) is 38.6 Å². The van der Waals surface area contributed by atoms with Gasteiger partial charge in [0.1, 0.15) is 23.9 Å². The van der Waals surface area contributed by atoms with E-state index in [0.29, 0.717) is 28.2 Å². The molecule has 0 unspecified atom stereocenters. The van der Waals surface area contributed by atoms with E-state index < -0.39 is 0 Å². The molecule has 0 amide bonds. The topological polar surface area (TPSA) is 81.2 Å². The number of anilines is 3. The molecule has 2 aromatic carbocycles. The molecule has 0 saturated heterocycles. The van der Waals surface area contributed by atoms with Gasteiger partial charge in [-0.3, -0.25) is 0 Å². The molecule has 0 radical (unpaired) electrons.